The van der Waals surface area contributed by atoms with Crippen molar-refractivity contribution in [2.24, 2.45) is 0 Å². The summed E-state index contributed by atoms with van der Waals surface area (Å²) in [5.74, 6) is -0.00319. The molecule has 1 N–H and O–H groups in total. The van der Waals surface area contributed by atoms with Gasteiger partial charge in [-0.05, 0) is 42.8 Å². The van der Waals surface area contributed by atoms with E-state index in [9.17, 15) is 14.7 Å². The molecule has 0 spiro atoms. The minimum Gasteiger partial charge on any atom is -0.387 e. The molecule has 1 fully saturated rings. The first-order valence-electron chi connectivity index (χ1n) is 8.84. The third-order valence-electron chi connectivity index (χ3n) is 4.80. The molecule has 138 valence electrons. The molecular formula is C20H22BrNO3S. The van der Waals surface area contributed by atoms with Crippen molar-refractivity contribution >= 4 is 39.0 Å². The molecule has 0 aliphatic carbocycles. The number of benzene rings is 1. The molecule has 0 bridgehead atoms. The van der Waals surface area contributed by atoms with Gasteiger partial charge in [0, 0.05) is 40.3 Å². The van der Waals surface area contributed by atoms with Crippen LogP contribution in [0.15, 0.2) is 46.3 Å². The topological polar surface area (TPSA) is 57.6 Å². The Balaban J connectivity index is 1.53. The zero-order valence-electron chi connectivity index (χ0n) is 14.4. The summed E-state index contributed by atoms with van der Waals surface area (Å²) >= 11 is 4.89. The maximum Gasteiger partial charge on any atom is 0.223 e. The lowest BCUT2D eigenvalue weighted by atomic mass is 10.0. The molecular weight excluding hydrogens is 414 g/mol. The van der Waals surface area contributed by atoms with Crippen LogP contribution in [-0.4, -0.2) is 34.3 Å². The van der Waals surface area contributed by atoms with Gasteiger partial charge in [-0.1, -0.05) is 34.1 Å². The third kappa shape index (κ3) is 4.81. The molecule has 0 radical (unpaired) electrons. The number of ketones is 1. The van der Waals surface area contributed by atoms with Gasteiger partial charge in [0.05, 0.1) is 6.10 Å². The number of thiophene rings is 1. The van der Waals surface area contributed by atoms with Gasteiger partial charge in [-0.25, -0.2) is 0 Å². The number of carbonyl (C=O) groups is 2. The number of aliphatic hydroxyl groups excluding tert-OH is 1. The Kier molecular flexibility index (Phi) is 6.62. The van der Waals surface area contributed by atoms with Crippen molar-refractivity contribution in [1.82, 2.24) is 4.90 Å². The molecule has 2 atom stereocenters. The van der Waals surface area contributed by atoms with Crippen LogP contribution in [0.1, 0.15) is 53.4 Å². The molecule has 1 amide bonds. The number of hydrogen-bond donors (Lipinski definition) is 1. The van der Waals surface area contributed by atoms with E-state index >= 15 is 0 Å². The van der Waals surface area contributed by atoms with E-state index in [2.05, 4.69) is 15.9 Å². The van der Waals surface area contributed by atoms with E-state index in [1.165, 1.54) is 11.3 Å². The number of halogens is 1. The lowest BCUT2D eigenvalue weighted by Crippen LogP contribution is -2.36. The number of likely N-dealkylation sites (tertiary alicyclic amines) is 1. The maximum atomic E-state index is 12.6. The van der Waals surface area contributed by atoms with Gasteiger partial charge < -0.3 is 10.0 Å². The maximum absolute atomic E-state index is 12.6. The molecule has 3 rings (SSSR count). The van der Waals surface area contributed by atoms with Crippen LogP contribution in [-0.2, 0) is 4.79 Å². The number of aliphatic hydroxyl groups is 1. The second-order valence-electron chi connectivity index (χ2n) is 6.58. The monoisotopic (exact) mass is 435 g/mol. The van der Waals surface area contributed by atoms with Gasteiger partial charge in [0.2, 0.25) is 5.91 Å². The van der Waals surface area contributed by atoms with Gasteiger partial charge in [0.25, 0.3) is 0 Å². The average molecular weight is 436 g/mol. The van der Waals surface area contributed by atoms with Crippen molar-refractivity contribution < 1.29 is 14.7 Å². The second-order valence-corrected chi connectivity index (χ2v) is 8.48. The predicted octanol–water partition coefficient (Wildman–Crippen LogP) is 4.59. The smallest absolute Gasteiger partial charge is 0.223 e. The van der Waals surface area contributed by atoms with Gasteiger partial charge in [0.15, 0.2) is 5.78 Å². The summed E-state index contributed by atoms with van der Waals surface area (Å²) in [4.78, 5) is 27.7. The lowest BCUT2D eigenvalue weighted by Gasteiger charge is -2.26. The highest BCUT2D eigenvalue weighted by molar-refractivity contribution is 9.10. The summed E-state index contributed by atoms with van der Waals surface area (Å²) in [5, 5.41) is 12.3. The number of rotatable bonds is 7. The lowest BCUT2D eigenvalue weighted by molar-refractivity contribution is -0.132. The van der Waals surface area contributed by atoms with Crippen LogP contribution in [0.2, 0.25) is 0 Å². The number of Topliss-reactive ketones (excluding diaryl/α,β-unsaturated/α-hetero) is 1. The Morgan fingerprint density at radius 2 is 2.00 bits per heavy atom. The van der Waals surface area contributed by atoms with Gasteiger partial charge in [-0.2, -0.15) is 0 Å². The molecule has 26 heavy (non-hydrogen) atoms. The van der Waals surface area contributed by atoms with E-state index in [-0.39, 0.29) is 30.6 Å². The molecule has 1 aromatic carbocycles. The fourth-order valence-electron chi connectivity index (χ4n) is 3.41. The summed E-state index contributed by atoms with van der Waals surface area (Å²) in [5.41, 5.74) is 0.632. The Hall–Kier alpha value is -1.50. The van der Waals surface area contributed by atoms with E-state index in [4.69, 9.17) is 0 Å². The van der Waals surface area contributed by atoms with E-state index in [1.807, 2.05) is 34.5 Å². The van der Waals surface area contributed by atoms with Gasteiger partial charge in [-0.3, -0.25) is 9.59 Å². The molecule has 2 aromatic rings. The first-order valence-corrected chi connectivity index (χ1v) is 10.5. The van der Waals surface area contributed by atoms with Crippen molar-refractivity contribution in [2.75, 3.05) is 6.54 Å². The molecule has 0 unspecified atom stereocenters. The largest absolute Gasteiger partial charge is 0.387 e. The van der Waals surface area contributed by atoms with Crippen molar-refractivity contribution in [2.45, 2.75) is 44.2 Å². The van der Waals surface area contributed by atoms with Crippen LogP contribution in [0.4, 0.5) is 0 Å². The Morgan fingerprint density at radius 3 is 2.69 bits per heavy atom. The molecule has 1 aliphatic rings. The average Bonchev–Trinajstić information content (AvgIpc) is 3.31. The Morgan fingerprint density at radius 1 is 1.23 bits per heavy atom. The summed E-state index contributed by atoms with van der Waals surface area (Å²) in [6.07, 6.45) is 2.34. The first-order chi connectivity index (χ1) is 12.5. The molecule has 1 saturated heterocycles. The molecule has 1 aromatic heterocycles. The minimum atomic E-state index is -0.530. The van der Waals surface area contributed by atoms with Crippen LogP contribution in [0.5, 0.6) is 0 Å². The van der Waals surface area contributed by atoms with Crippen LogP contribution < -0.4 is 0 Å². The molecule has 6 heteroatoms. The van der Waals surface area contributed by atoms with Crippen molar-refractivity contribution in [3.8, 4) is 0 Å². The van der Waals surface area contributed by atoms with E-state index in [1.54, 1.807) is 12.1 Å². The standard InChI is InChI=1S/C20H22BrNO3S/c21-15-7-5-14(6-8-15)17(23)9-10-20(25)22-11-1-3-16(22)13-18(24)19-4-2-12-26-19/h2,4-8,12,16,18,24H,1,3,9-11,13H2/t16-,18+/m1/s1. The molecule has 0 saturated carbocycles. The number of hydrogen-bond acceptors (Lipinski definition) is 4. The van der Waals surface area contributed by atoms with Crippen LogP contribution >= 0.6 is 27.3 Å². The van der Waals surface area contributed by atoms with Crippen LogP contribution in [0.25, 0.3) is 0 Å². The van der Waals surface area contributed by atoms with Gasteiger partial charge in [-0.15, -0.1) is 11.3 Å². The van der Waals surface area contributed by atoms with Crippen molar-refractivity contribution in [3.63, 3.8) is 0 Å². The predicted molar refractivity (Wildman–Crippen MR) is 106 cm³/mol. The fourth-order valence-corrected chi connectivity index (χ4v) is 4.40. The SMILES string of the molecule is O=C(CCC(=O)N1CCC[C@@H]1C[C@H](O)c1cccs1)c1ccc(Br)cc1. The van der Waals surface area contributed by atoms with Crippen LogP contribution in [0, 0.1) is 0 Å². The molecule has 1 aliphatic heterocycles. The number of carbonyl (C=O) groups excluding carboxylic acids is 2. The molecule has 4 nitrogen and oxygen atoms in total. The van der Waals surface area contributed by atoms with Crippen molar-refractivity contribution in [3.05, 3.63) is 56.7 Å². The number of nitrogens with zero attached hydrogens (tertiary/aromatic N) is 1. The molecule has 2 heterocycles. The van der Waals surface area contributed by atoms with Gasteiger partial charge >= 0.3 is 0 Å². The zero-order valence-corrected chi connectivity index (χ0v) is 16.8. The quantitative estimate of drug-likeness (QED) is 0.646. The Labute approximate surface area is 166 Å². The van der Waals surface area contributed by atoms with Gasteiger partial charge in [0.1, 0.15) is 0 Å². The summed E-state index contributed by atoms with van der Waals surface area (Å²) in [6, 6.07) is 11.1. The second kappa shape index (κ2) is 8.93. The van der Waals surface area contributed by atoms with Crippen molar-refractivity contribution in [1.29, 1.82) is 0 Å². The first kappa shape index (κ1) is 19.3. The normalized spacial score (nSPS) is 18.1. The summed E-state index contributed by atoms with van der Waals surface area (Å²) < 4.78 is 0.925. The fraction of sp³-hybridized carbons (Fsp3) is 0.400. The Bertz CT molecular complexity index is 745. The van der Waals surface area contributed by atoms with Crippen LogP contribution in [0.3, 0.4) is 0 Å². The highest BCUT2D eigenvalue weighted by Gasteiger charge is 2.30. The highest BCUT2D eigenvalue weighted by atomic mass is 79.9. The number of amides is 1. The summed E-state index contributed by atoms with van der Waals surface area (Å²) in [6.45, 7) is 0.715. The van der Waals surface area contributed by atoms with E-state index in [0.717, 1.165) is 22.2 Å². The zero-order chi connectivity index (χ0) is 18.5. The third-order valence-corrected chi connectivity index (χ3v) is 6.30. The minimum absolute atomic E-state index is 0.0105. The summed E-state index contributed by atoms with van der Waals surface area (Å²) in [7, 11) is 0. The van der Waals surface area contributed by atoms with E-state index < -0.39 is 6.10 Å². The van der Waals surface area contributed by atoms with E-state index in [0.29, 0.717) is 18.5 Å². The highest BCUT2D eigenvalue weighted by Crippen LogP contribution is 2.30.